The average Bonchev–Trinajstić information content (AvgIpc) is 2.63. The molecule has 0 aliphatic heterocycles. The fourth-order valence-electron chi connectivity index (χ4n) is 1.37. The molecule has 0 aliphatic rings. The van der Waals surface area contributed by atoms with E-state index in [1.54, 1.807) is 12.2 Å². The van der Waals surface area contributed by atoms with Gasteiger partial charge in [0, 0.05) is 5.57 Å². The molecular formula is C13H20N2O. The summed E-state index contributed by atoms with van der Waals surface area (Å²) in [5, 5.41) is 0. The van der Waals surface area contributed by atoms with Crippen molar-refractivity contribution in [3.05, 3.63) is 29.9 Å². The van der Waals surface area contributed by atoms with Gasteiger partial charge in [-0.2, -0.15) is 0 Å². The number of H-pyrrole nitrogens is 1. The number of ketones is 1. The van der Waals surface area contributed by atoms with E-state index in [2.05, 4.69) is 16.5 Å². The highest BCUT2D eigenvalue weighted by atomic mass is 16.1. The highest BCUT2D eigenvalue weighted by Crippen LogP contribution is 2.18. The standard InChI is InChI=1S/C11H14N2O.C2H6/c1-5-9(7(3)14)11-10(6-2)12-8(4)13-11;1-2/h5-6H,2H2,1,3-4H3,(H,12,13);1-2H3/b9-5-;. The quantitative estimate of drug-likeness (QED) is 0.794. The predicted molar refractivity (Wildman–Crippen MR) is 69.1 cm³/mol. The molecule has 0 spiro atoms. The van der Waals surface area contributed by atoms with Gasteiger partial charge in [0.15, 0.2) is 5.78 Å². The molecule has 0 aliphatic carbocycles. The molecule has 3 nitrogen and oxygen atoms in total. The van der Waals surface area contributed by atoms with Crippen LogP contribution in [0.15, 0.2) is 12.7 Å². The van der Waals surface area contributed by atoms with Gasteiger partial charge in [-0.25, -0.2) is 4.98 Å². The second-order valence-electron chi connectivity index (χ2n) is 3.05. The van der Waals surface area contributed by atoms with Crippen molar-refractivity contribution in [2.45, 2.75) is 34.6 Å². The van der Waals surface area contributed by atoms with Gasteiger partial charge in [0.1, 0.15) is 5.82 Å². The number of nitrogens with one attached hydrogen (secondary N) is 1. The zero-order chi connectivity index (χ0) is 12.7. The van der Waals surface area contributed by atoms with E-state index in [1.807, 2.05) is 27.7 Å². The van der Waals surface area contributed by atoms with Crippen molar-refractivity contribution in [1.29, 1.82) is 0 Å². The van der Waals surface area contributed by atoms with Crippen molar-refractivity contribution < 1.29 is 4.79 Å². The monoisotopic (exact) mass is 220 g/mol. The average molecular weight is 220 g/mol. The highest BCUT2D eigenvalue weighted by molar-refractivity contribution is 6.19. The van der Waals surface area contributed by atoms with Crippen LogP contribution in [0, 0.1) is 6.92 Å². The summed E-state index contributed by atoms with van der Waals surface area (Å²) in [6.07, 6.45) is 3.44. The van der Waals surface area contributed by atoms with Gasteiger partial charge in [-0.1, -0.05) is 26.5 Å². The maximum atomic E-state index is 11.3. The molecule has 88 valence electrons. The molecule has 0 atom stereocenters. The van der Waals surface area contributed by atoms with Crippen molar-refractivity contribution in [3.63, 3.8) is 0 Å². The first-order chi connectivity index (χ1) is 7.60. The molecule has 0 radical (unpaired) electrons. The fraction of sp³-hybridized carbons (Fsp3) is 0.385. The Kier molecular flexibility index (Phi) is 6.08. The second-order valence-corrected chi connectivity index (χ2v) is 3.05. The number of imidazole rings is 1. The Hall–Kier alpha value is -1.64. The van der Waals surface area contributed by atoms with E-state index in [-0.39, 0.29) is 5.78 Å². The van der Waals surface area contributed by atoms with Gasteiger partial charge in [0.25, 0.3) is 0 Å². The molecule has 1 aromatic rings. The van der Waals surface area contributed by atoms with Crippen molar-refractivity contribution in [3.8, 4) is 0 Å². The van der Waals surface area contributed by atoms with Crippen molar-refractivity contribution in [2.24, 2.45) is 0 Å². The van der Waals surface area contributed by atoms with Gasteiger partial charge < -0.3 is 4.98 Å². The van der Waals surface area contributed by atoms with Crippen LogP contribution in [0.5, 0.6) is 0 Å². The maximum absolute atomic E-state index is 11.3. The molecule has 0 amide bonds. The topological polar surface area (TPSA) is 45.8 Å². The number of hydrogen-bond donors (Lipinski definition) is 1. The first-order valence-electron chi connectivity index (χ1n) is 5.46. The lowest BCUT2D eigenvalue weighted by Gasteiger charge is -1.99. The number of Topliss-reactive ketones (excluding diaryl/α,β-unsaturated/α-hetero) is 1. The zero-order valence-electron chi connectivity index (χ0n) is 10.7. The second kappa shape index (κ2) is 6.77. The van der Waals surface area contributed by atoms with Crippen LogP contribution >= 0.6 is 0 Å². The van der Waals surface area contributed by atoms with E-state index in [9.17, 15) is 4.79 Å². The van der Waals surface area contributed by atoms with Crippen LogP contribution in [0.2, 0.25) is 0 Å². The molecule has 0 fully saturated rings. The SMILES string of the molecule is C=Cc1[nH]c(C)nc1/C(=C\C)C(C)=O.CC. The smallest absolute Gasteiger partial charge is 0.161 e. The number of rotatable bonds is 3. The summed E-state index contributed by atoms with van der Waals surface area (Å²) in [7, 11) is 0. The van der Waals surface area contributed by atoms with Crippen LogP contribution < -0.4 is 0 Å². The molecular weight excluding hydrogens is 200 g/mol. The Labute approximate surface area is 97.3 Å². The summed E-state index contributed by atoms with van der Waals surface area (Å²) in [5.74, 6) is 0.803. The lowest BCUT2D eigenvalue weighted by molar-refractivity contribution is -0.111. The number of aromatic amines is 1. The third kappa shape index (κ3) is 3.19. The molecule has 0 bridgehead atoms. The molecule has 1 N–H and O–H groups in total. The summed E-state index contributed by atoms with van der Waals surface area (Å²) in [6, 6.07) is 0. The zero-order valence-corrected chi connectivity index (χ0v) is 10.7. The minimum Gasteiger partial charge on any atom is -0.342 e. The molecule has 0 unspecified atom stereocenters. The predicted octanol–water partition coefficient (Wildman–Crippen LogP) is 3.38. The lowest BCUT2D eigenvalue weighted by atomic mass is 10.1. The Bertz CT molecular complexity index is 400. The minimum absolute atomic E-state index is 0.0158. The van der Waals surface area contributed by atoms with Crippen LogP contribution in [0.4, 0.5) is 0 Å². The first-order valence-corrected chi connectivity index (χ1v) is 5.46. The maximum Gasteiger partial charge on any atom is 0.161 e. The van der Waals surface area contributed by atoms with E-state index in [0.717, 1.165) is 11.5 Å². The number of aryl methyl sites for hydroxylation is 1. The highest BCUT2D eigenvalue weighted by Gasteiger charge is 2.13. The Morgan fingerprint density at radius 3 is 2.38 bits per heavy atom. The molecule has 0 saturated heterocycles. The number of nitrogens with zero attached hydrogens (tertiary/aromatic N) is 1. The summed E-state index contributed by atoms with van der Waals surface area (Å²) >= 11 is 0. The first kappa shape index (κ1) is 14.4. The summed E-state index contributed by atoms with van der Waals surface area (Å²) in [4.78, 5) is 18.6. The molecule has 1 rings (SSSR count). The molecule has 3 heteroatoms. The molecule has 0 aromatic carbocycles. The van der Waals surface area contributed by atoms with Crippen molar-refractivity contribution in [2.75, 3.05) is 0 Å². The third-order valence-corrected chi connectivity index (χ3v) is 1.98. The lowest BCUT2D eigenvalue weighted by Crippen LogP contribution is -1.97. The summed E-state index contributed by atoms with van der Waals surface area (Å²) in [6.45, 7) is 12.9. The van der Waals surface area contributed by atoms with Gasteiger partial charge in [0.2, 0.25) is 0 Å². The van der Waals surface area contributed by atoms with E-state index in [1.165, 1.54) is 6.92 Å². The van der Waals surface area contributed by atoms with Crippen LogP contribution in [0.1, 0.15) is 44.9 Å². The van der Waals surface area contributed by atoms with Crippen LogP contribution in [-0.2, 0) is 4.79 Å². The Morgan fingerprint density at radius 2 is 2.00 bits per heavy atom. The summed E-state index contributed by atoms with van der Waals surface area (Å²) < 4.78 is 0. The van der Waals surface area contributed by atoms with Gasteiger partial charge >= 0.3 is 0 Å². The van der Waals surface area contributed by atoms with Gasteiger partial charge in [-0.05, 0) is 26.8 Å². The van der Waals surface area contributed by atoms with Crippen molar-refractivity contribution >= 4 is 17.4 Å². The van der Waals surface area contributed by atoms with Crippen LogP contribution in [-0.4, -0.2) is 15.8 Å². The molecule has 1 aromatic heterocycles. The molecule has 0 saturated carbocycles. The summed E-state index contributed by atoms with van der Waals surface area (Å²) in [5.41, 5.74) is 2.11. The number of aromatic nitrogens is 2. The van der Waals surface area contributed by atoms with E-state index in [0.29, 0.717) is 11.3 Å². The number of carbonyl (C=O) groups excluding carboxylic acids is 1. The normalized spacial score (nSPS) is 10.4. The number of allylic oxidation sites excluding steroid dienone is 2. The van der Waals surface area contributed by atoms with E-state index >= 15 is 0 Å². The van der Waals surface area contributed by atoms with E-state index in [4.69, 9.17) is 0 Å². The largest absolute Gasteiger partial charge is 0.342 e. The van der Waals surface area contributed by atoms with Crippen LogP contribution in [0.3, 0.4) is 0 Å². The minimum atomic E-state index is 0.0158. The van der Waals surface area contributed by atoms with Crippen molar-refractivity contribution in [1.82, 2.24) is 9.97 Å². The van der Waals surface area contributed by atoms with Gasteiger partial charge in [-0.15, -0.1) is 0 Å². The molecule has 16 heavy (non-hydrogen) atoms. The number of carbonyl (C=O) groups is 1. The Balaban J connectivity index is 0.00000106. The van der Waals surface area contributed by atoms with Gasteiger partial charge in [-0.3, -0.25) is 4.79 Å². The van der Waals surface area contributed by atoms with E-state index < -0.39 is 0 Å². The van der Waals surface area contributed by atoms with Crippen LogP contribution in [0.25, 0.3) is 11.6 Å². The fourth-order valence-corrected chi connectivity index (χ4v) is 1.37. The number of hydrogen-bond acceptors (Lipinski definition) is 2. The third-order valence-electron chi connectivity index (χ3n) is 1.98. The van der Waals surface area contributed by atoms with Gasteiger partial charge in [0.05, 0.1) is 11.4 Å². The molecule has 1 heterocycles. The Morgan fingerprint density at radius 1 is 1.44 bits per heavy atom.